The van der Waals surface area contributed by atoms with E-state index in [0.717, 1.165) is 45.0 Å². The molecule has 0 amide bonds. The number of nitrogens with zero attached hydrogens (tertiary/aromatic N) is 5. The van der Waals surface area contributed by atoms with Crippen molar-refractivity contribution in [1.82, 2.24) is 25.2 Å². The molecule has 8 heteroatoms. The first kappa shape index (κ1) is 18.2. The maximum Gasteiger partial charge on any atom is 0.191 e. The molecule has 0 bridgehead atoms. The largest absolute Gasteiger partial charge is 0.357 e. The number of guanidine groups is 1. The third-order valence-corrected chi connectivity index (χ3v) is 4.32. The summed E-state index contributed by atoms with van der Waals surface area (Å²) in [5.41, 5.74) is 0. The van der Waals surface area contributed by atoms with E-state index < -0.39 is 0 Å². The Morgan fingerprint density at radius 3 is 3.12 bits per heavy atom. The molecule has 1 aliphatic rings. The van der Waals surface area contributed by atoms with Crippen molar-refractivity contribution in [2.45, 2.75) is 32.4 Å². The summed E-state index contributed by atoms with van der Waals surface area (Å²) in [6.45, 7) is 5.99. The van der Waals surface area contributed by atoms with Crippen LogP contribution >= 0.6 is 0 Å². The quantitative estimate of drug-likeness (QED) is 0.447. The maximum absolute atomic E-state index is 13.9. The van der Waals surface area contributed by atoms with E-state index >= 15 is 0 Å². The minimum Gasteiger partial charge on any atom is -0.357 e. The van der Waals surface area contributed by atoms with E-state index in [9.17, 15) is 4.39 Å². The number of rotatable bonds is 7. The monoisotopic (exact) mass is 359 g/mol. The van der Waals surface area contributed by atoms with Crippen LogP contribution in [0.15, 0.2) is 42.0 Å². The van der Waals surface area contributed by atoms with Gasteiger partial charge in [-0.1, -0.05) is 0 Å². The second-order valence-electron chi connectivity index (χ2n) is 6.30. The van der Waals surface area contributed by atoms with Gasteiger partial charge in [0, 0.05) is 57.4 Å². The van der Waals surface area contributed by atoms with Gasteiger partial charge in [0.2, 0.25) is 0 Å². The van der Waals surface area contributed by atoms with Gasteiger partial charge in [0.15, 0.2) is 17.6 Å². The summed E-state index contributed by atoms with van der Waals surface area (Å²) in [5, 5.41) is 6.74. The molecule has 7 nitrogen and oxygen atoms in total. The Bertz CT molecular complexity index is 701. The van der Waals surface area contributed by atoms with Gasteiger partial charge < -0.3 is 20.1 Å². The number of aryl methyl sites for hydroxylation is 1. The SMILES string of the molecule is CCNC(=NCCCn1ccnc1)NC1CCN(c2ncccc2F)C1. The molecule has 3 heterocycles. The van der Waals surface area contributed by atoms with Gasteiger partial charge in [-0.15, -0.1) is 0 Å². The topological polar surface area (TPSA) is 70.4 Å². The molecular formula is C18H26FN7. The predicted octanol–water partition coefficient (Wildman–Crippen LogP) is 1.64. The van der Waals surface area contributed by atoms with Crippen LogP contribution < -0.4 is 15.5 Å². The molecule has 2 N–H and O–H groups in total. The van der Waals surface area contributed by atoms with E-state index in [2.05, 4.69) is 25.6 Å². The lowest BCUT2D eigenvalue weighted by molar-refractivity contribution is 0.611. The van der Waals surface area contributed by atoms with Gasteiger partial charge in [-0.2, -0.15) is 0 Å². The molecule has 1 aliphatic heterocycles. The molecule has 1 saturated heterocycles. The zero-order valence-corrected chi connectivity index (χ0v) is 15.1. The molecule has 140 valence electrons. The molecule has 3 rings (SSSR count). The van der Waals surface area contributed by atoms with Crippen LogP contribution in [0.5, 0.6) is 0 Å². The average molecular weight is 359 g/mol. The minimum atomic E-state index is -0.270. The van der Waals surface area contributed by atoms with Gasteiger partial charge in [0.1, 0.15) is 0 Å². The van der Waals surface area contributed by atoms with E-state index in [4.69, 9.17) is 0 Å². The van der Waals surface area contributed by atoms with Crippen molar-refractivity contribution in [3.05, 3.63) is 42.9 Å². The van der Waals surface area contributed by atoms with Crippen LogP contribution in [0.4, 0.5) is 10.2 Å². The number of halogens is 1. The number of anilines is 1. The average Bonchev–Trinajstić information content (AvgIpc) is 3.31. The first-order valence-electron chi connectivity index (χ1n) is 9.12. The number of nitrogens with one attached hydrogen (secondary N) is 2. The smallest absolute Gasteiger partial charge is 0.191 e. The van der Waals surface area contributed by atoms with E-state index in [0.29, 0.717) is 12.4 Å². The molecule has 0 saturated carbocycles. The second-order valence-corrected chi connectivity index (χ2v) is 6.30. The highest BCUT2D eigenvalue weighted by Gasteiger charge is 2.25. The number of aliphatic imine (C=N–C) groups is 1. The van der Waals surface area contributed by atoms with Crippen molar-refractivity contribution in [2.24, 2.45) is 4.99 Å². The molecule has 0 aromatic carbocycles. The summed E-state index contributed by atoms with van der Waals surface area (Å²) in [5.74, 6) is 0.971. The number of aromatic nitrogens is 3. The van der Waals surface area contributed by atoms with E-state index in [1.54, 1.807) is 18.5 Å². The maximum atomic E-state index is 13.9. The lowest BCUT2D eigenvalue weighted by Gasteiger charge is -2.20. The molecule has 26 heavy (non-hydrogen) atoms. The van der Waals surface area contributed by atoms with Crippen LogP contribution in [-0.2, 0) is 6.54 Å². The molecule has 0 spiro atoms. The van der Waals surface area contributed by atoms with E-state index in [1.165, 1.54) is 6.07 Å². The fourth-order valence-electron chi connectivity index (χ4n) is 3.06. The van der Waals surface area contributed by atoms with E-state index in [-0.39, 0.29) is 11.9 Å². The fraction of sp³-hybridized carbons (Fsp3) is 0.500. The van der Waals surface area contributed by atoms with Gasteiger partial charge in [-0.25, -0.2) is 14.4 Å². The Kier molecular flexibility index (Phi) is 6.40. The lowest BCUT2D eigenvalue weighted by Crippen LogP contribution is -2.44. The highest BCUT2D eigenvalue weighted by atomic mass is 19.1. The van der Waals surface area contributed by atoms with Crippen LogP contribution in [0.1, 0.15) is 19.8 Å². The van der Waals surface area contributed by atoms with Crippen molar-refractivity contribution in [3.63, 3.8) is 0 Å². The zero-order chi connectivity index (χ0) is 18.2. The first-order valence-corrected chi connectivity index (χ1v) is 9.12. The summed E-state index contributed by atoms with van der Waals surface area (Å²) in [6.07, 6.45) is 9.06. The Hall–Kier alpha value is -2.64. The lowest BCUT2D eigenvalue weighted by atomic mass is 10.3. The van der Waals surface area contributed by atoms with Crippen LogP contribution in [0.25, 0.3) is 0 Å². The highest BCUT2D eigenvalue weighted by Crippen LogP contribution is 2.20. The van der Waals surface area contributed by atoms with Crippen molar-refractivity contribution in [2.75, 3.05) is 31.1 Å². The van der Waals surface area contributed by atoms with Gasteiger partial charge >= 0.3 is 0 Å². The molecule has 2 aromatic rings. The van der Waals surface area contributed by atoms with Crippen molar-refractivity contribution >= 4 is 11.8 Å². The molecule has 1 unspecified atom stereocenters. The Morgan fingerprint density at radius 1 is 1.42 bits per heavy atom. The Labute approximate surface area is 153 Å². The van der Waals surface area contributed by atoms with Crippen LogP contribution in [0.2, 0.25) is 0 Å². The predicted molar refractivity (Wildman–Crippen MR) is 101 cm³/mol. The third-order valence-electron chi connectivity index (χ3n) is 4.32. The molecule has 1 atom stereocenters. The van der Waals surface area contributed by atoms with Gasteiger partial charge in [0.05, 0.1) is 6.33 Å². The van der Waals surface area contributed by atoms with Crippen molar-refractivity contribution in [3.8, 4) is 0 Å². The van der Waals surface area contributed by atoms with Gasteiger partial charge in [0.25, 0.3) is 0 Å². The highest BCUT2D eigenvalue weighted by molar-refractivity contribution is 5.80. The molecule has 1 fully saturated rings. The normalized spacial score (nSPS) is 17.5. The summed E-state index contributed by atoms with van der Waals surface area (Å²) < 4.78 is 16.0. The van der Waals surface area contributed by atoms with Gasteiger partial charge in [-0.3, -0.25) is 4.99 Å². The van der Waals surface area contributed by atoms with Crippen LogP contribution in [0.3, 0.4) is 0 Å². The second kappa shape index (κ2) is 9.17. The Balaban J connectivity index is 1.50. The van der Waals surface area contributed by atoms with E-state index in [1.807, 2.05) is 28.9 Å². The zero-order valence-electron chi connectivity index (χ0n) is 15.1. The fourth-order valence-corrected chi connectivity index (χ4v) is 3.06. The van der Waals surface area contributed by atoms with Crippen LogP contribution in [-0.4, -0.2) is 52.7 Å². The Morgan fingerprint density at radius 2 is 2.35 bits per heavy atom. The number of hydrogen-bond acceptors (Lipinski definition) is 4. The summed E-state index contributed by atoms with van der Waals surface area (Å²) in [6, 6.07) is 3.29. The summed E-state index contributed by atoms with van der Waals surface area (Å²) >= 11 is 0. The van der Waals surface area contributed by atoms with Crippen molar-refractivity contribution in [1.29, 1.82) is 0 Å². The molecule has 0 radical (unpaired) electrons. The summed E-state index contributed by atoms with van der Waals surface area (Å²) in [7, 11) is 0. The molecular weight excluding hydrogens is 333 g/mol. The number of imidazole rings is 1. The third kappa shape index (κ3) is 4.93. The molecule has 0 aliphatic carbocycles. The van der Waals surface area contributed by atoms with Crippen molar-refractivity contribution < 1.29 is 4.39 Å². The first-order chi connectivity index (χ1) is 12.8. The standard InChI is InChI=1S/C18H26FN7/c1-2-21-18(23-8-4-10-25-12-9-20-14-25)24-15-6-11-26(13-15)17-16(19)5-3-7-22-17/h3,5,7,9,12,14-15H,2,4,6,8,10-11,13H2,1H3,(H2,21,23,24). The molecule has 2 aromatic heterocycles. The summed E-state index contributed by atoms with van der Waals surface area (Å²) in [4.78, 5) is 14.8. The van der Waals surface area contributed by atoms with Gasteiger partial charge in [-0.05, 0) is 31.9 Å². The number of pyridine rings is 1. The number of hydrogen-bond donors (Lipinski definition) is 2. The van der Waals surface area contributed by atoms with Crippen LogP contribution in [0, 0.1) is 5.82 Å². The minimum absolute atomic E-state index is 0.225.